The molecule has 122 valence electrons. The van der Waals surface area contributed by atoms with Gasteiger partial charge in [0.2, 0.25) is 5.91 Å². The van der Waals surface area contributed by atoms with Crippen LogP contribution in [0.1, 0.15) is 30.3 Å². The van der Waals surface area contributed by atoms with Crippen LogP contribution in [0, 0.1) is 5.82 Å². The molecule has 2 heterocycles. The van der Waals surface area contributed by atoms with Gasteiger partial charge in [-0.15, -0.1) is 0 Å². The molecule has 0 unspecified atom stereocenters. The first-order chi connectivity index (χ1) is 11.7. The Hall–Kier alpha value is -2.69. The topological polar surface area (TPSA) is 49.0 Å². The summed E-state index contributed by atoms with van der Waals surface area (Å²) in [4.78, 5) is 22.6. The first kappa shape index (κ1) is 14.9. The minimum Gasteiger partial charge on any atom is -0.340 e. The number of nitrogens with zero attached hydrogens (tertiary/aromatic N) is 2. The second-order valence-corrected chi connectivity index (χ2v) is 6.19. The van der Waals surface area contributed by atoms with Crippen molar-refractivity contribution in [2.45, 2.75) is 25.3 Å². The zero-order valence-electron chi connectivity index (χ0n) is 13.2. The largest absolute Gasteiger partial charge is 0.340 e. The average Bonchev–Trinajstić information content (AvgIpc) is 3.23. The van der Waals surface area contributed by atoms with Gasteiger partial charge in [-0.05, 0) is 42.7 Å². The minimum atomic E-state index is -0.285. The normalized spacial score (nSPS) is 17.5. The quantitative estimate of drug-likeness (QED) is 0.800. The highest BCUT2D eigenvalue weighted by Crippen LogP contribution is 2.31. The van der Waals surface area contributed by atoms with E-state index in [1.165, 1.54) is 12.1 Å². The van der Waals surface area contributed by atoms with Gasteiger partial charge in [-0.25, -0.2) is 9.37 Å². The number of hydrogen-bond acceptors (Lipinski definition) is 2. The highest BCUT2D eigenvalue weighted by molar-refractivity contribution is 5.80. The van der Waals surface area contributed by atoms with E-state index in [9.17, 15) is 9.18 Å². The summed E-state index contributed by atoms with van der Waals surface area (Å²) in [6, 6.07) is 14.0. The predicted molar refractivity (Wildman–Crippen MR) is 89.9 cm³/mol. The molecule has 1 saturated heterocycles. The van der Waals surface area contributed by atoms with E-state index in [1.54, 1.807) is 12.1 Å². The molecule has 1 N–H and O–H groups in total. The maximum atomic E-state index is 13.0. The molecule has 4 rings (SSSR count). The van der Waals surface area contributed by atoms with Crippen LogP contribution in [-0.4, -0.2) is 27.3 Å². The lowest BCUT2D eigenvalue weighted by molar-refractivity contribution is -0.131. The first-order valence-corrected chi connectivity index (χ1v) is 8.19. The number of fused-ring (bicyclic) bond motifs is 1. The Morgan fingerprint density at radius 3 is 2.79 bits per heavy atom. The number of carbonyl (C=O) groups is 1. The van der Waals surface area contributed by atoms with Crippen LogP contribution in [0.15, 0.2) is 48.5 Å². The van der Waals surface area contributed by atoms with Gasteiger partial charge in [0.25, 0.3) is 0 Å². The molecule has 0 bridgehead atoms. The van der Waals surface area contributed by atoms with Gasteiger partial charge >= 0.3 is 0 Å². The number of para-hydroxylation sites is 2. The van der Waals surface area contributed by atoms with Crippen molar-refractivity contribution in [2.75, 3.05) is 6.54 Å². The van der Waals surface area contributed by atoms with Crippen molar-refractivity contribution in [3.05, 3.63) is 65.7 Å². The molecule has 1 aliphatic rings. The summed E-state index contributed by atoms with van der Waals surface area (Å²) in [5.41, 5.74) is 2.74. The van der Waals surface area contributed by atoms with E-state index in [2.05, 4.69) is 9.97 Å². The zero-order valence-corrected chi connectivity index (χ0v) is 13.2. The highest BCUT2D eigenvalue weighted by Gasteiger charge is 2.31. The summed E-state index contributed by atoms with van der Waals surface area (Å²) in [6.45, 7) is 0.738. The Morgan fingerprint density at radius 1 is 1.21 bits per heavy atom. The molecule has 0 radical (unpaired) electrons. The molecule has 0 aliphatic carbocycles. The van der Waals surface area contributed by atoms with Gasteiger partial charge in [-0.2, -0.15) is 0 Å². The summed E-state index contributed by atoms with van der Waals surface area (Å²) in [6.07, 6.45) is 2.17. The third-order valence-corrected chi connectivity index (χ3v) is 4.57. The third-order valence-electron chi connectivity index (χ3n) is 4.57. The fourth-order valence-electron chi connectivity index (χ4n) is 3.36. The number of amides is 1. The van der Waals surface area contributed by atoms with Gasteiger partial charge in [-0.3, -0.25) is 4.79 Å². The summed E-state index contributed by atoms with van der Waals surface area (Å²) in [5, 5.41) is 0. The number of imidazole rings is 1. The molecule has 1 aromatic heterocycles. The molecular weight excluding hydrogens is 305 g/mol. The first-order valence-electron chi connectivity index (χ1n) is 8.19. The van der Waals surface area contributed by atoms with E-state index in [4.69, 9.17) is 0 Å². The van der Waals surface area contributed by atoms with Gasteiger partial charge in [-0.1, -0.05) is 24.3 Å². The summed E-state index contributed by atoms with van der Waals surface area (Å²) < 4.78 is 13.0. The van der Waals surface area contributed by atoms with Gasteiger partial charge in [0.05, 0.1) is 23.5 Å². The van der Waals surface area contributed by atoms with E-state index in [0.29, 0.717) is 0 Å². The predicted octanol–water partition coefficient (Wildman–Crippen LogP) is 3.61. The number of aromatic amines is 1. The van der Waals surface area contributed by atoms with Crippen molar-refractivity contribution in [3.63, 3.8) is 0 Å². The monoisotopic (exact) mass is 323 g/mol. The number of likely N-dealkylation sites (tertiary alicyclic amines) is 1. The molecule has 5 heteroatoms. The van der Waals surface area contributed by atoms with Crippen LogP contribution in [0.2, 0.25) is 0 Å². The minimum absolute atomic E-state index is 0.00894. The number of rotatable bonds is 3. The smallest absolute Gasteiger partial charge is 0.227 e. The van der Waals surface area contributed by atoms with Gasteiger partial charge < -0.3 is 9.88 Å². The fourth-order valence-corrected chi connectivity index (χ4v) is 3.36. The molecule has 1 fully saturated rings. The number of H-pyrrole nitrogens is 1. The second kappa shape index (κ2) is 6.07. The number of aromatic nitrogens is 2. The Labute approximate surface area is 139 Å². The van der Waals surface area contributed by atoms with E-state index < -0.39 is 0 Å². The average molecular weight is 323 g/mol. The number of benzene rings is 2. The molecule has 4 nitrogen and oxygen atoms in total. The molecule has 0 saturated carbocycles. The van der Waals surface area contributed by atoms with Crippen LogP contribution in [0.4, 0.5) is 4.39 Å². The van der Waals surface area contributed by atoms with Crippen molar-refractivity contribution in [1.29, 1.82) is 0 Å². The van der Waals surface area contributed by atoms with Crippen molar-refractivity contribution < 1.29 is 9.18 Å². The van der Waals surface area contributed by atoms with E-state index in [0.717, 1.165) is 41.8 Å². The molecule has 24 heavy (non-hydrogen) atoms. The summed E-state index contributed by atoms with van der Waals surface area (Å²) >= 11 is 0. The SMILES string of the molecule is O=C(Cc1ccc(F)cc1)N1CCC[C@@H]1c1nc2ccccc2[nH]1. The molecule has 3 aromatic rings. The summed E-state index contributed by atoms with van der Waals surface area (Å²) in [7, 11) is 0. The molecule has 1 amide bonds. The molecule has 1 atom stereocenters. The summed E-state index contributed by atoms with van der Waals surface area (Å²) in [5.74, 6) is 0.623. The maximum absolute atomic E-state index is 13.0. The fraction of sp³-hybridized carbons (Fsp3) is 0.263. The molecule has 1 aliphatic heterocycles. The molecular formula is C19H18FN3O. The number of halogens is 1. The van der Waals surface area contributed by atoms with Crippen LogP contribution in [0.3, 0.4) is 0 Å². The van der Waals surface area contributed by atoms with E-state index >= 15 is 0 Å². The lowest BCUT2D eigenvalue weighted by Crippen LogP contribution is -2.32. The van der Waals surface area contributed by atoms with Gasteiger partial charge in [0.1, 0.15) is 11.6 Å². The number of hydrogen-bond donors (Lipinski definition) is 1. The Kier molecular flexibility index (Phi) is 3.76. The third kappa shape index (κ3) is 2.77. The van der Waals surface area contributed by atoms with Crippen molar-refractivity contribution in [2.24, 2.45) is 0 Å². The van der Waals surface area contributed by atoms with Gasteiger partial charge in [0.15, 0.2) is 0 Å². The van der Waals surface area contributed by atoms with Crippen molar-refractivity contribution in [3.8, 4) is 0 Å². The van der Waals surface area contributed by atoms with Crippen LogP contribution in [0.25, 0.3) is 11.0 Å². The lowest BCUT2D eigenvalue weighted by Gasteiger charge is -2.23. The van der Waals surface area contributed by atoms with Crippen LogP contribution in [-0.2, 0) is 11.2 Å². The standard InChI is InChI=1S/C19H18FN3O/c20-14-9-7-13(8-10-14)12-18(24)23-11-3-6-17(23)19-21-15-4-1-2-5-16(15)22-19/h1-2,4-5,7-10,17H,3,6,11-12H2,(H,21,22)/t17-/m1/s1. The maximum Gasteiger partial charge on any atom is 0.227 e. The van der Waals surface area contributed by atoms with Crippen LogP contribution >= 0.6 is 0 Å². The Balaban J connectivity index is 1.55. The lowest BCUT2D eigenvalue weighted by atomic mass is 10.1. The molecule has 2 aromatic carbocycles. The molecule has 0 spiro atoms. The zero-order chi connectivity index (χ0) is 16.5. The van der Waals surface area contributed by atoms with Crippen LogP contribution in [0.5, 0.6) is 0 Å². The van der Waals surface area contributed by atoms with E-state index in [-0.39, 0.29) is 24.2 Å². The Bertz CT molecular complexity index is 839. The highest BCUT2D eigenvalue weighted by atomic mass is 19.1. The van der Waals surface area contributed by atoms with E-state index in [1.807, 2.05) is 29.2 Å². The van der Waals surface area contributed by atoms with Crippen molar-refractivity contribution in [1.82, 2.24) is 14.9 Å². The Morgan fingerprint density at radius 2 is 2.00 bits per heavy atom. The number of nitrogens with one attached hydrogen (secondary N) is 1. The second-order valence-electron chi connectivity index (χ2n) is 6.19. The van der Waals surface area contributed by atoms with Gasteiger partial charge in [0, 0.05) is 6.54 Å². The number of carbonyl (C=O) groups excluding carboxylic acids is 1. The van der Waals surface area contributed by atoms with Crippen LogP contribution < -0.4 is 0 Å². The van der Waals surface area contributed by atoms with Crippen molar-refractivity contribution >= 4 is 16.9 Å².